The van der Waals surface area contributed by atoms with Crippen LogP contribution in [0.3, 0.4) is 0 Å². The van der Waals surface area contributed by atoms with Gasteiger partial charge in [0.2, 0.25) is 10.0 Å². The van der Waals surface area contributed by atoms with Gasteiger partial charge in [-0.2, -0.15) is 5.10 Å². The topological polar surface area (TPSA) is 99.1 Å². The van der Waals surface area contributed by atoms with Crippen molar-refractivity contribution in [2.24, 2.45) is 5.10 Å². The van der Waals surface area contributed by atoms with Gasteiger partial charge < -0.3 is 5.11 Å². The number of nitrogens with one attached hydrogen (secondary N) is 1. The zero-order chi connectivity index (χ0) is 20.6. The van der Waals surface area contributed by atoms with Gasteiger partial charge in [-0.05, 0) is 42.7 Å². The number of aromatic hydroxyl groups is 1. The molecule has 2 aromatic rings. The number of amides is 1. The summed E-state index contributed by atoms with van der Waals surface area (Å²) in [5.74, 6) is -1.34. The lowest BCUT2D eigenvalue weighted by Crippen LogP contribution is -2.23. The summed E-state index contributed by atoms with van der Waals surface area (Å²) in [5, 5.41) is 14.1. The van der Waals surface area contributed by atoms with Crippen molar-refractivity contribution in [2.75, 3.05) is 14.1 Å². The number of benzene rings is 2. The molecular formula is C19H20FN3O4S. The van der Waals surface area contributed by atoms with Gasteiger partial charge in [-0.3, -0.25) is 4.79 Å². The number of phenols is 1. The van der Waals surface area contributed by atoms with Crippen LogP contribution >= 0.6 is 0 Å². The predicted octanol–water partition coefficient (Wildman–Crippen LogP) is 2.42. The van der Waals surface area contributed by atoms with Crippen LogP contribution in [0, 0.1) is 5.82 Å². The maximum Gasteiger partial charge on any atom is 0.271 e. The molecule has 2 N–H and O–H groups in total. The van der Waals surface area contributed by atoms with Crippen LogP contribution in [0.2, 0.25) is 0 Å². The number of rotatable bonds is 4. The number of halogens is 1. The number of carbonyl (C=O) groups is 1. The van der Waals surface area contributed by atoms with Crippen molar-refractivity contribution >= 4 is 21.6 Å². The number of hydrogen-bond donors (Lipinski definition) is 2. The van der Waals surface area contributed by atoms with Gasteiger partial charge in [0.25, 0.3) is 5.91 Å². The van der Waals surface area contributed by atoms with Gasteiger partial charge in [0.15, 0.2) is 0 Å². The molecule has 28 heavy (non-hydrogen) atoms. The lowest BCUT2D eigenvalue weighted by Gasteiger charge is -2.12. The van der Waals surface area contributed by atoms with E-state index in [-0.39, 0.29) is 27.7 Å². The fourth-order valence-electron chi connectivity index (χ4n) is 3.15. The number of carbonyl (C=O) groups excluding carboxylic acids is 1. The Morgan fingerprint density at radius 3 is 2.68 bits per heavy atom. The molecule has 7 nitrogen and oxygen atoms in total. The molecule has 0 bridgehead atoms. The van der Waals surface area contributed by atoms with Crippen molar-refractivity contribution in [1.82, 2.24) is 9.73 Å². The zero-order valence-corrected chi connectivity index (χ0v) is 16.4. The number of fused-ring (bicyclic) bond motifs is 1. The van der Waals surface area contributed by atoms with Crippen molar-refractivity contribution in [3.8, 4) is 5.75 Å². The van der Waals surface area contributed by atoms with E-state index in [1.165, 1.54) is 50.5 Å². The lowest BCUT2D eigenvalue weighted by atomic mass is 10.0. The van der Waals surface area contributed by atoms with Gasteiger partial charge in [0.05, 0.1) is 10.6 Å². The lowest BCUT2D eigenvalue weighted by molar-refractivity contribution is 0.0954. The molecule has 0 heterocycles. The van der Waals surface area contributed by atoms with Gasteiger partial charge in [0, 0.05) is 30.8 Å². The van der Waals surface area contributed by atoms with Crippen molar-refractivity contribution in [2.45, 2.75) is 24.2 Å². The smallest absolute Gasteiger partial charge is 0.271 e. The molecule has 148 valence electrons. The first kappa shape index (κ1) is 20.0. The van der Waals surface area contributed by atoms with E-state index in [0.29, 0.717) is 17.7 Å². The summed E-state index contributed by atoms with van der Waals surface area (Å²) in [6.45, 7) is 1.81. The summed E-state index contributed by atoms with van der Waals surface area (Å²) in [4.78, 5) is 12.4. The van der Waals surface area contributed by atoms with E-state index < -0.39 is 21.7 Å². The molecule has 0 unspecified atom stereocenters. The summed E-state index contributed by atoms with van der Waals surface area (Å²) in [7, 11) is -0.876. The summed E-state index contributed by atoms with van der Waals surface area (Å²) in [6.07, 6.45) is 0.360. The highest BCUT2D eigenvalue weighted by Crippen LogP contribution is 2.39. The highest BCUT2D eigenvalue weighted by Gasteiger charge is 2.31. The molecule has 0 radical (unpaired) electrons. The Labute approximate surface area is 162 Å². The highest BCUT2D eigenvalue weighted by atomic mass is 32.2. The molecule has 0 aromatic heterocycles. The second-order valence-corrected chi connectivity index (χ2v) is 8.93. The molecule has 0 saturated carbocycles. The van der Waals surface area contributed by atoms with Crippen LogP contribution in [-0.4, -0.2) is 43.5 Å². The maximum absolute atomic E-state index is 14.1. The first-order valence-corrected chi connectivity index (χ1v) is 9.98. The Bertz CT molecular complexity index is 1080. The van der Waals surface area contributed by atoms with Crippen molar-refractivity contribution < 1.29 is 22.7 Å². The van der Waals surface area contributed by atoms with Crippen LogP contribution in [0.4, 0.5) is 4.39 Å². The van der Waals surface area contributed by atoms with Crippen LogP contribution in [0.25, 0.3) is 0 Å². The summed E-state index contributed by atoms with van der Waals surface area (Å²) in [6, 6.07) is 8.03. The van der Waals surface area contributed by atoms with Crippen LogP contribution in [0.1, 0.15) is 40.7 Å². The molecule has 1 atom stereocenters. The molecule has 1 aliphatic rings. The van der Waals surface area contributed by atoms with E-state index in [2.05, 4.69) is 10.5 Å². The Kier molecular flexibility index (Phi) is 5.22. The van der Waals surface area contributed by atoms with E-state index in [1.807, 2.05) is 0 Å². The van der Waals surface area contributed by atoms with Gasteiger partial charge in [0.1, 0.15) is 11.6 Å². The first-order valence-electron chi connectivity index (χ1n) is 8.54. The fraction of sp³-hybridized carbons (Fsp3) is 0.263. The van der Waals surface area contributed by atoms with E-state index in [9.17, 15) is 22.7 Å². The Hall–Kier alpha value is -2.78. The second-order valence-electron chi connectivity index (χ2n) is 6.78. The van der Waals surface area contributed by atoms with E-state index in [4.69, 9.17) is 0 Å². The normalized spacial score (nSPS) is 17.8. The SMILES string of the molecule is C[C@H]1C/C(=N\NC(=O)c2cccc(S(=O)(=O)N(C)C)c2)c2c(O)ccc(F)c21. The van der Waals surface area contributed by atoms with E-state index >= 15 is 0 Å². The van der Waals surface area contributed by atoms with Crippen LogP contribution in [-0.2, 0) is 10.0 Å². The minimum Gasteiger partial charge on any atom is -0.507 e. The van der Waals surface area contributed by atoms with Crippen molar-refractivity contribution in [3.05, 3.63) is 58.9 Å². The van der Waals surface area contributed by atoms with Gasteiger partial charge in [-0.25, -0.2) is 22.5 Å². The van der Waals surface area contributed by atoms with Gasteiger partial charge in [-0.15, -0.1) is 0 Å². The third-order valence-electron chi connectivity index (χ3n) is 4.62. The molecule has 1 aliphatic carbocycles. The molecule has 9 heteroatoms. The quantitative estimate of drug-likeness (QED) is 0.763. The Balaban J connectivity index is 1.88. The molecule has 1 amide bonds. The van der Waals surface area contributed by atoms with E-state index in [0.717, 1.165) is 4.31 Å². The first-order chi connectivity index (χ1) is 13.1. The second kappa shape index (κ2) is 7.33. The third kappa shape index (κ3) is 3.50. The van der Waals surface area contributed by atoms with Gasteiger partial charge >= 0.3 is 0 Å². The molecule has 0 spiro atoms. The monoisotopic (exact) mass is 405 g/mol. The number of phenolic OH excluding ortho intramolecular Hbond substituents is 1. The fourth-order valence-corrected chi connectivity index (χ4v) is 4.10. The third-order valence-corrected chi connectivity index (χ3v) is 6.43. The maximum atomic E-state index is 14.1. The number of hydrazone groups is 1. The highest BCUT2D eigenvalue weighted by molar-refractivity contribution is 7.89. The van der Waals surface area contributed by atoms with E-state index in [1.54, 1.807) is 6.92 Å². The van der Waals surface area contributed by atoms with Crippen molar-refractivity contribution in [3.63, 3.8) is 0 Å². The van der Waals surface area contributed by atoms with Crippen LogP contribution in [0.5, 0.6) is 5.75 Å². The summed E-state index contributed by atoms with van der Waals surface area (Å²) >= 11 is 0. The standard InChI is InChI=1S/C19H20FN3O4S/c1-11-9-15(18-16(24)8-7-14(20)17(11)18)21-22-19(25)12-5-4-6-13(10-12)28(26,27)23(2)3/h4-8,10-11,24H,9H2,1-3H3,(H,22,25)/b21-15+/t11-/m0/s1. The average Bonchev–Trinajstić information content (AvgIpc) is 3.00. The number of hydrogen-bond acceptors (Lipinski definition) is 5. The van der Waals surface area contributed by atoms with Crippen LogP contribution in [0.15, 0.2) is 46.4 Å². The minimum absolute atomic E-state index is 0.0163. The van der Waals surface area contributed by atoms with Crippen molar-refractivity contribution in [1.29, 1.82) is 0 Å². The summed E-state index contributed by atoms with van der Waals surface area (Å²) in [5.41, 5.74) is 3.50. The van der Waals surface area contributed by atoms with Gasteiger partial charge in [-0.1, -0.05) is 13.0 Å². The Morgan fingerprint density at radius 2 is 2.00 bits per heavy atom. The number of nitrogens with zero attached hydrogens (tertiary/aromatic N) is 2. The molecule has 0 fully saturated rings. The zero-order valence-electron chi connectivity index (χ0n) is 15.6. The average molecular weight is 405 g/mol. The number of sulfonamides is 1. The summed E-state index contributed by atoms with van der Waals surface area (Å²) < 4.78 is 39.6. The predicted molar refractivity (Wildman–Crippen MR) is 102 cm³/mol. The molecule has 0 saturated heterocycles. The largest absolute Gasteiger partial charge is 0.507 e. The minimum atomic E-state index is -3.68. The Morgan fingerprint density at radius 1 is 1.29 bits per heavy atom. The molecule has 0 aliphatic heterocycles. The molecular weight excluding hydrogens is 385 g/mol. The molecule has 3 rings (SSSR count). The molecule has 2 aromatic carbocycles. The van der Waals surface area contributed by atoms with Crippen LogP contribution < -0.4 is 5.43 Å².